The highest BCUT2D eigenvalue weighted by atomic mass is 35.5. The van der Waals surface area contributed by atoms with Crippen LogP contribution in [0.5, 0.6) is 0 Å². The van der Waals surface area contributed by atoms with E-state index in [1.165, 1.54) is 27.7 Å². The largest absolute Gasteiger partial charge is 0.324 e. The number of benzene rings is 2. The van der Waals surface area contributed by atoms with Crippen LogP contribution >= 0.6 is 34.5 Å². The molecule has 1 aromatic heterocycles. The van der Waals surface area contributed by atoms with Gasteiger partial charge in [0.2, 0.25) is 0 Å². The number of hydrogen-bond donors (Lipinski definition) is 1. The second kappa shape index (κ2) is 5.74. The molecule has 0 aliphatic carbocycles. The van der Waals surface area contributed by atoms with Gasteiger partial charge in [-0.2, -0.15) is 0 Å². The fourth-order valence-electron chi connectivity index (χ4n) is 2.42. The average molecular weight is 322 g/mol. The zero-order valence-electron chi connectivity index (χ0n) is 10.6. The van der Waals surface area contributed by atoms with E-state index < -0.39 is 0 Å². The minimum Gasteiger partial charge on any atom is -0.324 e. The summed E-state index contributed by atoms with van der Waals surface area (Å²) in [5.41, 5.74) is 8.45. The standard InChI is InChI=1S/C16H13Cl2NS/c17-15-9-13(16(18)20-15)14(19)8-11-6-3-5-10-4-1-2-7-12(10)11/h1-7,9,14H,8,19H2. The average Bonchev–Trinajstić information content (AvgIpc) is 2.78. The summed E-state index contributed by atoms with van der Waals surface area (Å²) in [6, 6.07) is 16.3. The van der Waals surface area contributed by atoms with Crippen LogP contribution in [0.1, 0.15) is 17.2 Å². The van der Waals surface area contributed by atoms with Crippen molar-refractivity contribution in [2.45, 2.75) is 12.5 Å². The van der Waals surface area contributed by atoms with Gasteiger partial charge in [-0.05, 0) is 28.8 Å². The molecule has 0 aliphatic rings. The molecule has 0 bridgehead atoms. The zero-order chi connectivity index (χ0) is 14.1. The van der Waals surface area contributed by atoms with Crippen LogP contribution in [0.3, 0.4) is 0 Å². The predicted molar refractivity (Wildman–Crippen MR) is 88.9 cm³/mol. The summed E-state index contributed by atoms with van der Waals surface area (Å²) >= 11 is 13.5. The third-order valence-electron chi connectivity index (χ3n) is 3.40. The lowest BCUT2D eigenvalue weighted by Crippen LogP contribution is -2.13. The number of fused-ring (bicyclic) bond motifs is 1. The van der Waals surface area contributed by atoms with Gasteiger partial charge in [-0.15, -0.1) is 11.3 Å². The van der Waals surface area contributed by atoms with Gasteiger partial charge in [-0.3, -0.25) is 0 Å². The van der Waals surface area contributed by atoms with E-state index in [1.807, 2.05) is 18.2 Å². The van der Waals surface area contributed by atoms with Crippen molar-refractivity contribution >= 4 is 45.3 Å². The number of rotatable bonds is 3. The normalized spacial score (nSPS) is 12.8. The fourth-order valence-corrected chi connectivity index (χ4v) is 4.02. The predicted octanol–water partition coefficient (Wildman–Crippen LogP) is 5.45. The number of nitrogens with two attached hydrogens (primary N) is 1. The first-order valence-electron chi connectivity index (χ1n) is 6.32. The lowest BCUT2D eigenvalue weighted by atomic mass is 9.97. The van der Waals surface area contributed by atoms with Crippen LogP contribution in [0.2, 0.25) is 8.67 Å². The molecule has 0 amide bonds. The summed E-state index contributed by atoms with van der Waals surface area (Å²) in [6.45, 7) is 0. The van der Waals surface area contributed by atoms with E-state index in [1.54, 1.807) is 0 Å². The molecule has 0 spiro atoms. The van der Waals surface area contributed by atoms with Crippen LogP contribution in [0.4, 0.5) is 0 Å². The summed E-state index contributed by atoms with van der Waals surface area (Å²) in [6.07, 6.45) is 0.744. The van der Waals surface area contributed by atoms with Gasteiger partial charge in [0, 0.05) is 11.6 Å². The van der Waals surface area contributed by atoms with Gasteiger partial charge in [0.05, 0.1) is 8.67 Å². The Labute approximate surface area is 131 Å². The Hall–Kier alpha value is -1.06. The summed E-state index contributed by atoms with van der Waals surface area (Å²) in [4.78, 5) is 0. The van der Waals surface area contributed by atoms with Crippen molar-refractivity contribution in [2.75, 3.05) is 0 Å². The van der Waals surface area contributed by atoms with Crippen LogP contribution in [0.15, 0.2) is 48.5 Å². The SMILES string of the molecule is NC(Cc1cccc2ccccc12)c1cc(Cl)sc1Cl. The highest BCUT2D eigenvalue weighted by Crippen LogP contribution is 2.35. The second-order valence-corrected chi connectivity index (χ2v) is 7.01. The molecule has 2 N–H and O–H groups in total. The number of halogens is 2. The van der Waals surface area contributed by atoms with Gasteiger partial charge in [-0.1, -0.05) is 65.7 Å². The Morgan fingerprint density at radius 1 is 1.05 bits per heavy atom. The fraction of sp³-hybridized carbons (Fsp3) is 0.125. The Kier molecular flexibility index (Phi) is 3.99. The van der Waals surface area contributed by atoms with Crippen molar-refractivity contribution in [2.24, 2.45) is 5.73 Å². The molecule has 1 nitrogen and oxygen atoms in total. The maximum Gasteiger partial charge on any atom is 0.0992 e. The molecule has 3 aromatic rings. The van der Waals surface area contributed by atoms with Crippen molar-refractivity contribution in [3.63, 3.8) is 0 Å². The zero-order valence-corrected chi connectivity index (χ0v) is 13.0. The van der Waals surface area contributed by atoms with Crippen LogP contribution in [-0.4, -0.2) is 0 Å². The first-order valence-corrected chi connectivity index (χ1v) is 7.89. The minimum absolute atomic E-state index is 0.142. The lowest BCUT2D eigenvalue weighted by molar-refractivity contribution is 0.729. The van der Waals surface area contributed by atoms with Crippen molar-refractivity contribution in [1.82, 2.24) is 0 Å². The van der Waals surface area contributed by atoms with Crippen LogP contribution in [0, 0.1) is 0 Å². The van der Waals surface area contributed by atoms with E-state index in [0.717, 1.165) is 12.0 Å². The van der Waals surface area contributed by atoms with Crippen molar-refractivity contribution in [3.8, 4) is 0 Å². The monoisotopic (exact) mass is 321 g/mol. The first kappa shape index (κ1) is 13.9. The van der Waals surface area contributed by atoms with E-state index in [4.69, 9.17) is 28.9 Å². The summed E-state index contributed by atoms with van der Waals surface area (Å²) < 4.78 is 1.36. The third kappa shape index (κ3) is 2.70. The molecule has 1 atom stereocenters. The Morgan fingerprint density at radius 2 is 1.80 bits per heavy atom. The molecule has 0 saturated heterocycles. The molecule has 0 aliphatic heterocycles. The summed E-state index contributed by atoms with van der Waals surface area (Å²) in [5, 5.41) is 2.47. The molecule has 102 valence electrons. The molecule has 3 rings (SSSR count). The second-order valence-electron chi connectivity index (χ2n) is 4.73. The smallest absolute Gasteiger partial charge is 0.0992 e. The van der Waals surface area contributed by atoms with Crippen LogP contribution in [0.25, 0.3) is 10.8 Å². The van der Waals surface area contributed by atoms with Crippen molar-refractivity contribution in [1.29, 1.82) is 0 Å². The van der Waals surface area contributed by atoms with Crippen molar-refractivity contribution in [3.05, 3.63) is 68.3 Å². The molecule has 4 heteroatoms. The van der Waals surface area contributed by atoms with E-state index in [2.05, 4.69) is 30.3 Å². The van der Waals surface area contributed by atoms with Crippen LogP contribution < -0.4 is 5.73 Å². The van der Waals surface area contributed by atoms with Gasteiger partial charge in [-0.25, -0.2) is 0 Å². The van der Waals surface area contributed by atoms with E-state index >= 15 is 0 Å². The molecule has 0 fully saturated rings. The number of thiophene rings is 1. The highest BCUT2D eigenvalue weighted by Gasteiger charge is 2.15. The number of hydrogen-bond acceptors (Lipinski definition) is 2. The van der Waals surface area contributed by atoms with Gasteiger partial charge < -0.3 is 5.73 Å². The molecule has 0 saturated carbocycles. The molecule has 0 radical (unpaired) electrons. The Bertz CT molecular complexity index is 746. The summed E-state index contributed by atoms with van der Waals surface area (Å²) in [7, 11) is 0. The van der Waals surface area contributed by atoms with Gasteiger partial charge in [0.1, 0.15) is 0 Å². The van der Waals surface area contributed by atoms with Crippen LogP contribution in [-0.2, 0) is 6.42 Å². The van der Waals surface area contributed by atoms with Gasteiger partial charge in [0.25, 0.3) is 0 Å². The maximum absolute atomic E-state index is 6.30. The van der Waals surface area contributed by atoms with E-state index in [9.17, 15) is 0 Å². The Balaban J connectivity index is 1.95. The van der Waals surface area contributed by atoms with E-state index in [-0.39, 0.29) is 6.04 Å². The van der Waals surface area contributed by atoms with E-state index in [0.29, 0.717) is 8.67 Å². The molecule has 20 heavy (non-hydrogen) atoms. The quantitative estimate of drug-likeness (QED) is 0.681. The van der Waals surface area contributed by atoms with Gasteiger partial charge >= 0.3 is 0 Å². The van der Waals surface area contributed by atoms with Gasteiger partial charge in [0.15, 0.2) is 0 Å². The third-order valence-corrected chi connectivity index (χ3v) is 4.92. The summed E-state index contributed by atoms with van der Waals surface area (Å²) in [5.74, 6) is 0. The van der Waals surface area contributed by atoms with Crippen molar-refractivity contribution < 1.29 is 0 Å². The maximum atomic E-state index is 6.30. The molecule has 2 aromatic carbocycles. The topological polar surface area (TPSA) is 26.0 Å². The first-order chi connectivity index (χ1) is 9.65. The minimum atomic E-state index is -0.142. The molecular formula is C16H13Cl2NS. The molecule has 1 unspecified atom stereocenters. The molecule has 1 heterocycles. The molecular weight excluding hydrogens is 309 g/mol. The Morgan fingerprint density at radius 3 is 2.55 bits per heavy atom. The lowest BCUT2D eigenvalue weighted by Gasteiger charge is -2.13. The highest BCUT2D eigenvalue weighted by molar-refractivity contribution is 7.20.